The van der Waals surface area contributed by atoms with Gasteiger partial charge in [-0.1, -0.05) is 6.07 Å². The maximum absolute atomic E-state index is 12.9. The molecule has 0 aliphatic rings. The van der Waals surface area contributed by atoms with Crippen molar-refractivity contribution < 1.29 is 43.2 Å². The van der Waals surface area contributed by atoms with E-state index >= 15 is 0 Å². The van der Waals surface area contributed by atoms with Gasteiger partial charge in [-0.05, 0) is 36.4 Å². The van der Waals surface area contributed by atoms with E-state index in [1.165, 1.54) is 14.1 Å². The number of rotatable bonds is 5. The van der Waals surface area contributed by atoms with Gasteiger partial charge in [-0.3, -0.25) is 4.72 Å². The van der Waals surface area contributed by atoms with Crippen molar-refractivity contribution in [3.63, 3.8) is 0 Å². The van der Waals surface area contributed by atoms with Crippen LogP contribution in [0.3, 0.4) is 0 Å². The molecule has 0 saturated heterocycles. The van der Waals surface area contributed by atoms with Crippen molar-refractivity contribution >= 4 is 25.7 Å². The lowest BCUT2D eigenvalue weighted by Crippen LogP contribution is -2.23. The number of alkyl halides is 6. The van der Waals surface area contributed by atoms with Crippen LogP contribution in [0.5, 0.6) is 0 Å². The van der Waals surface area contributed by atoms with Crippen LogP contribution in [0.25, 0.3) is 0 Å². The van der Waals surface area contributed by atoms with Crippen LogP contribution >= 0.6 is 0 Å². The molecule has 0 bridgehead atoms. The van der Waals surface area contributed by atoms with Crippen LogP contribution in [0.1, 0.15) is 11.1 Å². The number of nitrogens with one attached hydrogen (secondary N) is 1. The van der Waals surface area contributed by atoms with E-state index in [9.17, 15) is 43.2 Å². The Labute approximate surface area is 168 Å². The zero-order valence-corrected chi connectivity index (χ0v) is 16.8. The highest BCUT2D eigenvalue weighted by Gasteiger charge is 2.37. The number of sulfonamides is 2. The van der Waals surface area contributed by atoms with Gasteiger partial charge in [-0.2, -0.15) is 26.3 Å². The summed E-state index contributed by atoms with van der Waals surface area (Å²) >= 11 is 0. The minimum absolute atomic E-state index is 0.151. The predicted molar refractivity (Wildman–Crippen MR) is 94.6 cm³/mol. The average molecular weight is 476 g/mol. The molecular formula is C16H14F6N2O4S2. The predicted octanol–water partition coefficient (Wildman–Crippen LogP) is 3.78. The smallest absolute Gasteiger partial charge is 0.280 e. The third-order valence-electron chi connectivity index (χ3n) is 3.73. The van der Waals surface area contributed by atoms with Crippen molar-refractivity contribution in [1.82, 2.24) is 4.31 Å². The van der Waals surface area contributed by atoms with E-state index in [-0.39, 0.29) is 18.2 Å². The fourth-order valence-electron chi connectivity index (χ4n) is 2.24. The fraction of sp³-hybridized carbons (Fsp3) is 0.250. The van der Waals surface area contributed by atoms with Crippen LogP contribution in [0.2, 0.25) is 0 Å². The van der Waals surface area contributed by atoms with Gasteiger partial charge in [0.05, 0.1) is 26.6 Å². The molecule has 0 saturated carbocycles. The Kier molecular flexibility index (Phi) is 6.18. The zero-order valence-electron chi connectivity index (χ0n) is 15.2. The Bertz CT molecular complexity index is 1120. The van der Waals surface area contributed by atoms with Gasteiger partial charge in [0, 0.05) is 14.1 Å². The molecule has 0 aliphatic heterocycles. The SMILES string of the molecule is CN(C)S(=O)(=O)c1cccc(S(=O)(=O)Nc2cc(C(F)(F)F)cc(C(F)(F)F)c2)c1. The maximum atomic E-state index is 12.9. The molecular weight excluding hydrogens is 462 g/mol. The molecule has 30 heavy (non-hydrogen) atoms. The molecule has 2 aromatic carbocycles. The van der Waals surface area contributed by atoms with Crippen LogP contribution in [0.15, 0.2) is 52.3 Å². The highest BCUT2D eigenvalue weighted by molar-refractivity contribution is 7.93. The van der Waals surface area contributed by atoms with Gasteiger partial charge < -0.3 is 0 Å². The second-order valence-corrected chi connectivity index (χ2v) is 10.00. The van der Waals surface area contributed by atoms with Crippen LogP contribution < -0.4 is 4.72 Å². The molecule has 0 aromatic heterocycles. The first-order valence-electron chi connectivity index (χ1n) is 7.79. The van der Waals surface area contributed by atoms with Crippen LogP contribution in [0, 0.1) is 0 Å². The van der Waals surface area contributed by atoms with Gasteiger partial charge in [0.25, 0.3) is 10.0 Å². The second-order valence-electron chi connectivity index (χ2n) is 6.16. The van der Waals surface area contributed by atoms with Gasteiger partial charge in [0.2, 0.25) is 10.0 Å². The van der Waals surface area contributed by atoms with Gasteiger partial charge in [0.1, 0.15) is 0 Å². The number of hydrogen-bond acceptors (Lipinski definition) is 4. The molecule has 0 spiro atoms. The third-order valence-corrected chi connectivity index (χ3v) is 6.92. The van der Waals surface area contributed by atoms with Crippen molar-refractivity contribution in [3.05, 3.63) is 53.6 Å². The van der Waals surface area contributed by atoms with Crippen molar-refractivity contribution in [2.45, 2.75) is 22.1 Å². The summed E-state index contributed by atoms with van der Waals surface area (Å²) in [7, 11) is -6.37. The summed E-state index contributed by atoms with van der Waals surface area (Å²) in [6.45, 7) is 0. The minimum atomic E-state index is -5.17. The first-order chi connectivity index (χ1) is 13.4. The monoisotopic (exact) mass is 476 g/mol. The van der Waals surface area contributed by atoms with E-state index in [0.29, 0.717) is 0 Å². The van der Waals surface area contributed by atoms with Crippen LogP contribution in [-0.4, -0.2) is 35.2 Å². The quantitative estimate of drug-likeness (QED) is 0.666. The first kappa shape index (κ1) is 24.0. The molecule has 6 nitrogen and oxygen atoms in total. The normalized spacial score (nSPS) is 13.5. The summed E-state index contributed by atoms with van der Waals surface area (Å²) in [5.41, 5.74) is -4.41. The molecule has 0 radical (unpaired) electrons. The third kappa shape index (κ3) is 5.23. The molecule has 0 amide bonds. The Morgan fingerprint density at radius 2 is 1.23 bits per heavy atom. The molecule has 14 heteroatoms. The zero-order chi connectivity index (χ0) is 23.1. The van der Waals surface area contributed by atoms with E-state index in [1.807, 2.05) is 0 Å². The first-order valence-corrected chi connectivity index (χ1v) is 10.7. The number of benzene rings is 2. The summed E-state index contributed by atoms with van der Waals surface area (Å²) in [6.07, 6.45) is -10.3. The highest BCUT2D eigenvalue weighted by atomic mass is 32.2. The van der Waals surface area contributed by atoms with Crippen LogP contribution in [-0.2, 0) is 32.4 Å². The molecule has 1 N–H and O–H groups in total. The summed E-state index contributed by atoms with van der Waals surface area (Å²) in [5, 5.41) is 0. The summed E-state index contributed by atoms with van der Waals surface area (Å²) in [6, 6.07) is 4.08. The molecule has 0 unspecified atom stereocenters. The summed E-state index contributed by atoms with van der Waals surface area (Å²) < 4.78 is 129. The topological polar surface area (TPSA) is 83.6 Å². The summed E-state index contributed by atoms with van der Waals surface area (Å²) in [4.78, 5) is -1.10. The van der Waals surface area contributed by atoms with Crippen molar-refractivity contribution in [2.24, 2.45) is 0 Å². The van der Waals surface area contributed by atoms with Crippen molar-refractivity contribution in [3.8, 4) is 0 Å². The molecule has 2 aromatic rings. The molecule has 0 atom stereocenters. The molecule has 0 aliphatic carbocycles. The lowest BCUT2D eigenvalue weighted by atomic mass is 10.1. The van der Waals surface area contributed by atoms with Crippen LogP contribution in [0.4, 0.5) is 32.0 Å². The average Bonchev–Trinajstić information content (AvgIpc) is 2.59. The molecule has 0 heterocycles. The van der Waals surface area contributed by atoms with Gasteiger partial charge >= 0.3 is 12.4 Å². The Hall–Kier alpha value is -2.32. The number of anilines is 1. The second kappa shape index (κ2) is 7.74. The number of nitrogens with zero attached hydrogens (tertiary/aromatic N) is 1. The van der Waals surface area contributed by atoms with Gasteiger partial charge in [-0.25, -0.2) is 21.1 Å². The lowest BCUT2D eigenvalue weighted by Gasteiger charge is -2.16. The molecule has 166 valence electrons. The highest BCUT2D eigenvalue weighted by Crippen LogP contribution is 2.38. The van der Waals surface area contributed by atoms with Crippen molar-refractivity contribution in [1.29, 1.82) is 0 Å². The minimum Gasteiger partial charge on any atom is -0.280 e. The molecule has 2 rings (SSSR count). The van der Waals surface area contributed by atoms with E-state index in [4.69, 9.17) is 0 Å². The van der Waals surface area contributed by atoms with E-state index < -0.39 is 59.0 Å². The number of hydrogen-bond donors (Lipinski definition) is 1. The van der Waals surface area contributed by atoms with Crippen molar-refractivity contribution in [2.75, 3.05) is 18.8 Å². The van der Waals surface area contributed by atoms with E-state index in [2.05, 4.69) is 0 Å². The van der Waals surface area contributed by atoms with Gasteiger partial charge in [-0.15, -0.1) is 0 Å². The molecule has 0 fully saturated rings. The number of halogens is 6. The lowest BCUT2D eigenvalue weighted by molar-refractivity contribution is -0.143. The largest absolute Gasteiger partial charge is 0.416 e. The van der Waals surface area contributed by atoms with E-state index in [0.717, 1.165) is 28.6 Å². The Morgan fingerprint density at radius 1 is 0.767 bits per heavy atom. The Morgan fingerprint density at radius 3 is 1.67 bits per heavy atom. The van der Waals surface area contributed by atoms with Gasteiger partial charge in [0.15, 0.2) is 0 Å². The summed E-state index contributed by atoms with van der Waals surface area (Å²) in [5.74, 6) is 0. The standard InChI is InChI=1S/C16H14F6N2O4S2/c1-24(2)30(27,28)14-5-3-4-13(9-14)29(25,26)23-12-7-10(15(17,18)19)6-11(8-12)16(20,21)22/h3-9,23H,1-2H3. The van der Waals surface area contributed by atoms with E-state index in [1.54, 1.807) is 4.72 Å². The Balaban J connectivity index is 2.55. The maximum Gasteiger partial charge on any atom is 0.416 e. The fourth-order valence-corrected chi connectivity index (χ4v) is 4.35.